The Kier molecular flexibility index (Phi) is 6.09. The van der Waals surface area contributed by atoms with E-state index in [0.29, 0.717) is 17.7 Å². The molecule has 164 valence electrons. The minimum atomic E-state index is -4.51. The third-order valence-corrected chi connectivity index (χ3v) is 4.31. The first-order valence-electron chi connectivity index (χ1n) is 9.13. The van der Waals surface area contributed by atoms with Crippen molar-refractivity contribution in [1.29, 1.82) is 0 Å². The highest BCUT2D eigenvalue weighted by molar-refractivity contribution is 5.97. The zero-order valence-corrected chi connectivity index (χ0v) is 16.7. The summed E-state index contributed by atoms with van der Waals surface area (Å²) in [6.45, 7) is 4.85. The van der Waals surface area contributed by atoms with Crippen molar-refractivity contribution in [2.45, 2.75) is 39.5 Å². The van der Waals surface area contributed by atoms with Gasteiger partial charge in [0.15, 0.2) is 17.7 Å². The summed E-state index contributed by atoms with van der Waals surface area (Å²) in [5, 5.41) is 10.1. The number of aromatic nitrogens is 4. The summed E-state index contributed by atoms with van der Waals surface area (Å²) in [6, 6.07) is 3.52. The minimum absolute atomic E-state index is 0.0465. The first kappa shape index (κ1) is 22.0. The van der Waals surface area contributed by atoms with Crippen LogP contribution in [0.2, 0.25) is 0 Å². The SMILES string of the molecule is CCC(OC(=O)c1cnn(-c2ccc(C(F)(F)F)cn2)c1C)C(=O)Nc1cc(C)on1. The van der Waals surface area contributed by atoms with Crippen molar-refractivity contribution in [3.63, 3.8) is 0 Å². The van der Waals surface area contributed by atoms with Crippen molar-refractivity contribution in [1.82, 2.24) is 19.9 Å². The van der Waals surface area contributed by atoms with Gasteiger partial charge in [0.05, 0.1) is 17.5 Å². The Hall–Kier alpha value is -3.70. The van der Waals surface area contributed by atoms with E-state index in [1.807, 2.05) is 0 Å². The lowest BCUT2D eigenvalue weighted by Gasteiger charge is -2.15. The molecule has 12 heteroatoms. The quantitative estimate of drug-likeness (QED) is 0.588. The van der Waals surface area contributed by atoms with Crippen LogP contribution in [0.5, 0.6) is 0 Å². The molecule has 1 amide bonds. The third-order valence-electron chi connectivity index (χ3n) is 4.31. The van der Waals surface area contributed by atoms with E-state index in [9.17, 15) is 22.8 Å². The van der Waals surface area contributed by atoms with Gasteiger partial charge in [-0.1, -0.05) is 12.1 Å². The number of pyridine rings is 1. The molecule has 1 unspecified atom stereocenters. The zero-order valence-electron chi connectivity index (χ0n) is 16.7. The molecule has 0 spiro atoms. The summed E-state index contributed by atoms with van der Waals surface area (Å²) < 4.78 is 49.5. The highest BCUT2D eigenvalue weighted by atomic mass is 19.4. The van der Waals surface area contributed by atoms with E-state index in [4.69, 9.17) is 9.26 Å². The maximum atomic E-state index is 12.7. The average Bonchev–Trinajstić information content (AvgIpc) is 3.30. The number of anilines is 1. The Morgan fingerprint density at radius 1 is 1.26 bits per heavy atom. The van der Waals surface area contributed by atoms with Crippen LogP contribution in [-0.2, 0) is 15.7 Å². The Morgan fingerprint density at radius 3 is 2.55 bits per heavy atom. The molecule has 3 aromatic heterocycles. The molecule has 0 fully saturated rings. The van der Waals surface area contributed by atoms with Gasteiger partial charge in [-0.25, -0.2) is 14.5 Å². The van der Waals surface area contributed by atoms with Crippen LogP contribution in [0.15, 0.2) is 35.1 Å². The molecule has 0 saturated carbocycles. The summed E-state index contributed by atoms with van der Waals surface area (Å²) >= 11 is 0. The number of esters is 1. The summed E-state index contributed by atoms with van der Waals surface area (Å²) in [5.41, 5.74) is -0.565. The highest BCUT2D eigenvalue weighted by Gasteiger charge is 2.31. The fraction of sp³-hybridized carbons (Fsp3) is 0.316. The smallest absolute Gasteiger partial charge is 0.417 e. The second kappa shape index (κ2) is 8.58. The first-order chi connectivity index (χ1) is 14.6. The number of nitrogens with zero attached hydrogens (tertiary/aromatic N) is 4. The summed E-state index contributed by atoms with van der Waals surface area (Å²) in [5.74, 6) is -0.613. The van der Waals surface area contributed by atoms with Crippen molar-refractivity contribution < 1.29 is 32.0 Å². The highest BCUT2D eigenvalue weighted by Crippen LogP contribution is 2.29. The third kappa shape index (κ3) is 4.90. The van der Waals surface area contributed by atoms with E-state index >= 15 is 0 Å². The monoisotopic (exact) mass is 437 g/mol. The minimum Gasteiger partial charge on any atom is -0.449 e. The van der Waals surface area contributed by atoms with E-state index in [2.05, 4.69) is 20.6 Å². The number of nitrogens with one attached hydrogen (secondary N) is 1. The number of carbonyl (C=O) groups is 2. The molecule has 0 bridgehead atoms. The molecule has 3 heterocycles. The molecule has 1 atom stereocenters. The molecule has 1 N–H and O–H groups in total. The maximum Gasteiger partial charge on any atom is 0.417 e. The van der Waals surface area contributed by atoms with E-state index in [1.54, 1.807) is 13.8 Å². The van der Waals surface area contributed by atoms with Gasteiger partial charge < -0.3 is 14.6 Å². The van der Waals surface area contributed by atoms with Crippen molar-refractivity contribution in [2.75, 3.05) is 5.32 Å². The van der Waals surface area contributed by atoms with Gasteiger partial charge in [-0.3, -0.25) is 4.79 Å². The van der Waals surface area contributed by atoms with Crippen LogP contribution in [0.25, 0.3) is 5.82 Å². The second-order valence-corrected chi connectivity index (χ2v) is 6.57. The number of hydrogen-bond acceptors (Lipinski definition) is 7. The van der Waals surface area contributed by atoms with Gasteiger partial charge in [0.1, 0.15) is 11.3 Å². The van der Waals surface area contributed by atoms with Crippen molar-refractivity contribution in [3.05, 3.63) is 53.2 Å². The zero-order chi connectivity index (χ0) is 22.8. The number of halogens is 3. The van der Waals surface area contributed by atoms with Crippen LogP contribution in [0.3, 0.4) is 0 Å². The fourth-order valence-corrected chi connectivity index (χ4v) is 2.67. The molecule has 31 heavy (non-hydrogen) atoms. The Bertz CT molecular complexity index is 1090. The van der Waals surface area contributed by atoms with Gasteiger partial charge in [-0.05, 0) is 32.4 Å². The number of alkyl halides is 3. The first-order valence-corrected chi connectivity index (χ1v) is 9.13. The van der Waals surface area contributed by atoms with Gasteiger partial charge in [-0.2, -0.15) is 18.3 Å². The molecule has 0 aliphatic carbocycles. The van der Waals surface area contributed by atoms with Crippen molar-refractivity contribution in [2.24, 2.45) is 0 Å². The molecule has 0 saturated heterocycles. The number of carbonyl (C=O) groups excluding carboxylic acids is 2. The summed E-state index contributed by atoms with van der Waals surface area (Å²) in [6.07, 6.45) is -3.54. The van der Waals surface area contributed by atoms with Gasteiger partial charge in [0.25, 0.3) is 5.91 Å². The number of hydrogen-bond donors (Lipinski definition) is 1. The molecule has 0 aromatic carbocycles. The number of amides is 1. The van der Waals surface area contributed by atoms with Crippen LogP contribution in [0.4, 0.5) is 19.0 Å². The molecule has 3 rings (SSSR count). The predicted molar refractivity (Wildman–Crippen MR) is 100 cm³/mol. The van der Waals surface area contributed by atoms with E-state index in [0.717, 1.165) is 12.1 Å². The van der Waals surface area contributed by atoms with Crippen LogP contribution < -0.4 is 5.32 Å². The molecule has 0 aliphatic rings. The van der Waals surface area contributed by atoms with E-state index < -0.39 is 29.7 Å². The van der Waals surface area contributed by atoms with Gasteiger partial charge >= 0.3 is 12.1 Å². The average molecular weight is 437 g/mol. The fourth-order valence-electron chi connectivity index (χ4n) is 2.67. The number of rotatable bonds is 6. The molecular weight excluding hydrogens is 419 g/mol. The lowest BCUT2D eigenvalue weighted by atomic mass is 10.2. The summed E-state index contributed by atoms with van der Waals surface area (Å²) in [4.78, 5) is 28.7. The molecule has 9 nitrogen and oxygen atoms in total. The molecule has 0 radical (unpaired) electrons. The van der Waals surface area contributed by atoms with Crippen molar-refractivity contribution in [3.8, 4) is 5.82 Å². The molecular formula is C19H18F3N5O4. The van der Waals surface area contributed by atoms with Crippen LogP contribution in [0.1, 0.15) is 40.7 Å². The standard InChI is InChI=1S/C19H18F3N5O4/c1-4-14(17(28)25-15-7-10(2)31-26-15)30-18(29)13-9-24-27(11(13)3)16-6-5-12(8-23-16)19(20,21)22/h5-9,14H,4H2,1-3H3,(H,25,26,28). The maximum absolute atomic E-state index is 12.7. The normalized spacial score (nSPS) is 12.5. The lowest BCUT2D eigenvalue weighted by molar-refractivity contribution is -0.137. The van der Waals surface area contributed by atoms with Crippen molar-refractivity contribution >= 4 is 17.7 Å². The van der Waals surface area contributed by atoms with E-state index in [-0.39, 0.29) is 23.6 Å². The number of ether oxygens (including phenoxy) is 1. The Balaban J connectivity index is 1.73. The van der Waals surface area contributed by atoms with Crippen LogP contribution >= 0.6 is 0 Å². The van der Waals surface area contributed by atoms with Gasteiger partial charge in [0.2, 0.25) is 0 Å². The van der Waals surface area contributed by atoms with Gasteiger partial charge in [-0.15, -0.1) is 0 Å². The lowest BCUT2D eigenvalue weighted by Crippen LogP contribution is -2.32. The summed E-state index contributed by atoms with van der Waals surface area (Å²) in [7, 11) is 0. The predicted octanol–water partition coefficient (Wildman–Crippen LogP) is 3.47. The molecule has 3 aromatic rings. The van der Waals surface area contributed by atoms with E-state index in [1.165, 1.54) is 23.9 Å². The number of aryl methyl sites for hydroxylation is 1. The Labute approximate surface area is 174 Å². The topological polar surface area (TPSA) is 112 Å². The Morgan fingerprint density at radius 2 is 2.00 bits per heavy atom. The largest absolute Gasteiger partial charge is 0.449 e. The second-order valence-electron chi connectivity index (χ2n) is 6.57. The van der Waals surface area contributed by atoms with Crippen LogP contribution in [0, 0.1) is 13.8 Å². The van der Waals surface area contributed by atoms with Crippen LogP contribution in [-0.4, -0.2) is 37.9 Å². The molecule has 0 aliphatic heterocycles. The van der Waals surface area contributed by atoms with Gasteiger partial charge in [0, 0.05) is 12.3 Å².